The van der Waals surface area contributed by atoms with Crippen LogP contribution < -0.4 is 4.74 Å². The second-order valence-corrected chi connectivity index (χ2v) is 8.72. The fourth-order valence-corrected chi connectivity index (χ4v) is 4.60. The van der Waals surface area contributed by atoms with Gasteiger partial charge in [0.25, 0.3) is 0 Å². The van der Waals surface area contributed by atoms with E-state index in [-0.39, 0.29) is 42.1 Å². The van der Waals surface area contributed by atoms with Crippen LogP contribution in [0.15, 0.2) is 55.1 Å². The van der Waals surface area contributed by atoms with Crippen LogP contribution in [0, 0.1) is 23.3 Å². The van der Waals surface area contributed by atoms with Crippen LogP contribution in [0.4, 0.5) is 17.6 Å². The summed E-state index contributed by atoms with van der Waals surface area (Å²) in [5, 5.41) is 0. The van der Waals surface area contributed by atoms with Gasteiger partial charge in [-0.15, -0.1) is 0 Å². The Morgan fingerprint density at radius 1 is 0.829 bits per heavy atom. The topological polar surface area (TPSA) is 18.5 Å². The highest BCUT2D eigenvalue weighted by molar-refractivity contribution is 5.66. The molecule has 3 aromatic rings. The van der Waals surface area contributed by atoms with E-state index in [1.54, 1.807) is 55.5 Å². The largest absolute Gasteiger partial charge is 0.491 e. The summed E-state index contributed by atoms with van der Waals surface area (Å²) in [7, 11) is 0. The van der Waals surface area contributed by atoms with Crippen molar-refractivity contribution >= 4 is 6.08 Å². The van der Waals surface area contributed by atoms with Crippen LogP contribution in [0.3, 0.4) is 0 Å². The van der Waals surface area contributed by atoms with Crippen LogP contribution in [0.2, 0.25) is 0 Å². The predicted molar refractivity (Wildman–Crippen MR) is 129 cm³/mol. The number of halogens is 4. The van der Waals surface area contributed by atoms with Crippen molar-refractivity contribution in [2.24, 2.45) is 0 Å². The summed E-state index contributed by atoms with van der Waals surface area (Å²) in [5.41, 5.74) is 2.15. The summed E-state index contributed by atoms with van der Waals surface area (Å²) in [6.45, 7) is 5.60. The van der Waals surface area contributed by atoms with Crippen molar-refractivity contribution in [3.63, 3.8) is 0 Å². The van der Waals surface area contributed by atoms with Crippen LogP contribution in [-0.4, -0.2) is 12.7 Å². The van der Waals surface area contributed by atoms with Crippen molar-refractivity contribution in [3.05, 3.63) is 95.1 Å². The molecular weight excluding hydrogens is 456 g/mol. The molecule has 1 aliphatic rings. The Labute approximate surface area is 203 Å². The van der Waals surface area contributed by atoms with Crippen molar-refractivity contribution in [2.45, 2.75) is 51.2 Å². The lowest BCUT2D eigenvalue weighted by Crippen LogP contribution is -2.21. The van der Waals surface area contributed by atoms with Crippen LogP contribution in [-0.2, 0) is 11.3 Å². The van der Waals surface area contributed by atoms with Gasteiger partial charge in [-0.25, -0.2) is 13.2 Å². The zero-order valence-corrected chi connectivity index (χ0v) is 19.6. The molecular formula is C29H28F4O2. The highest BCUT2D eigenvalue weighted by atomic mass is 19.2. The number of rotatable bonds is 8. The Balaban J connectivity index is 1.36. The second kappa shape index (κ2) is 11.1. The lowest BCUT2D eigenvalue weighted by molar-refractivity contribution is 0.0116. The van der Waals surface area contributed by atoms with Gasteiger partial charge in [0.05, 0.1) is 19.3 Å². The van der Waals surface area contributed by atoms with Crippen LogP contribution in [0.25, 0.3) is 17.2 Å². The van der Waals surface area contributed by atoms with Gasteiger partial charge in [-0.3, -0.25) is 0 Å². The molecule has 3 aromatic carbocycles. The fourth-order valence-electron chi connectivity index (χ4n) is 4.60. The van der Waals surface area contributed by atoms with Gasteiger partial charge < -0.3 is 9.47 Å². The molecule has 1 aliphatic carbocycles. The normalized spacial score (nSPS) is 17.9. The average Bonchev–Trinajstić information content (AvgIpc) is 2.88. The smallest absolute Gasteiger partial charge is 0.200 e. The molecule has 6 heteroatoms. The summed E-state index contributed by atoms with van der Waals surface area (Å²) in [5.74, 6) is -3.86. The van der Waals surface area contributed by atoms with E-state index in [1.165, 1.54) is 6.07 Å². The molecule has 0 bridgehead atoms. The van der Waals surface area contributed by atoms with E-state index in [2.05, 4.69) is 6.58 Å². The Bertz CT molecular complexity index is 1180. The van der Waals surface area contributed by atoms with E-state index >= 15 is 0 Å². The molecule has 1 fully saturated rings. The average molecular weight is 485 g/mol. The Morgan fingerprint density at radius 3 is 2.20 bits per heavy atom. The number of hydrogen-bond donors (Lipinski definition) is 0. The lowest BCUT2D eigenvalue weighted by Gasteiger charge is -2.29. The molecule has 0 heterocycles. The standard InChI is InChI=1S/C29H28F4O2/c1-3-18-5-7-19(8-6-18)23-14-11-21(26(30)27(23)31)17-35-22-12-9-20(10-13-22)24-15-16-25(34-4-2)29(33)28(24)32/h3,5-8,11,14-16,20,22H,1,4,9-10,12-13,17H2,2H3. The van der Waals surface area contributed by atoms with E-state index in [9.17, 15) is 17.6 Å². The number of hydrogen-bond acceptors (Lipinski definition) is 2. The van der Waals surface area contributed by atoms with Crippen molar-refractivity contribution in [2.75, 3.05) is 6.61 Å². The first-order chi connectivity index (χ1) is 16.9. The minimum atomic E-state index is -0.958. The first-order valence-corrected chi connectivity index (χ1v) is 11.8. The van der Waals surface area contributed by atoms with E-state index < -0.39 is 23.3 Å². The highest BCUT2D eigenvalue weighted by Gasteiger charge is 2.27. The maximum absolute atomic E-state index is 14.8. The molecule has 4 rings (SSSR count). The lowest BCUT2D eigenvalue weighted by atomic mass is 9.82. The summed E-state index contributed by atoms with van der Waals surface area (Å²) in [6, 6.07) is 13.2. The zero-order valence-electron chi connectivity index (χ0n) is 19.6. The van der Waals surface area contributed by atoms with E-state index in [1.807, 2.05) is 0 Å². The Morgan fingerprint density at radius 2 is 1.54 bits per heavy atom. The molecule has 0 spiro atoms. The molecule has 0 saturated heterocycles. The molecule has 0 aromatic heterocycles. The Hall–Kier alpha value is -3.12. The molecule has 0 radical (unpaired) electrons. The van der Waals surface area contributed by atoms with Crippen LogP contribution in [0.1, 0.15) is 55.2 Å². The van der Waals surface area contributed by atoms with Gasteiger partial charge in [-0.05, 0) is 61.3 Å². The molecule has 0 atom stereocenters. The van der Waals surface area contributed by atoms with Crippen molar-refractivity contribution in [1.82, 2.24) is 0 Å². The number of benzene rings is 3. The van der Waals surface area contributed by atoms with Crippen LogP contribution in [0.5, 0.6) is 5.75 Å². The monoisotopic (exact) mass is 484 g/mol. The van der Waals surface area contributed by atoms with Gasteiger partial charge >= 0.3 is 0 Å². The summed E-state index contributed by atoms with van der Waals surface area (Å²) < 4.78 is 69.3. The van der Waals surface area contributed by atoms with Gasteiger partial charge in [-0.2, -0.15) is 4.39 Å². The third kappa shape index (κ3) is 5.43. The molecule has 0 unspecified atom stereocenters. The SMILES string of the molecule is C=Cc1ccc(-c2ccc(COC3CCC(c4ccc(OCC)c(F)c4F)CC3)c(F)c2F)cc1. The third-order valence-electron chi connectivity index (χ3n) is 6.58. The maximum Gasteiger partial charge on any atom is 0.200 e. The summed E-state index contributed by atoms with van der Waals surface area (Å²) in [6.07, 6.45) is 4.00. The van der Waals surface area contributed by atoms with Gasteiger partial charge in [0, 0.05) is 11.1 Å². The summed E-state index contributed by atoms with van der Waals surface area (Å²) in [4.78, 5) is 0. The van der Waals surface area contributed by atoms with Crippen molar-refractivity contribution in [3.8, 4) is 16.9 Å². The Kier molecular flexibility index (Phi) is 7.91. The number of ether oxygens (including phenoxy) is 2. The molecule has 184 valence electrons. The van der Waals surface area contributed by atoms with E-state index in [0.717, 1.165) is 5.56 Å². The first kappa shape index (κ1) is 25.0. The molecule has 1 saturated carbocycles. The predicted octanol–water partition coefficient (Wildman–Crippen LogP) is 8.19. The van der Waals surface area contributed by atoms with Gasteiger partial charge in [0.1, 0.15) is 0 Å². The molecule has 0 aliphatic heterocycles. The zero-order chi connectivity index (χ0) is 24.9. The minimum Gasteiger partial charge on any atom is -0.491 e. The summed E-state index contributed by atoms with van der Waals surface area (Å²) >= 11 is 0. The minimum absolute atomic E-state index is 0.0557. The quantitative estimate of drug-likeness (QED) is 0.300. The molecule has 35 heavy (non-hydrogen) atoms. The maximum atomic E-state index is 14.8. The molecule has 2 nitrogen and oxygen atoms in total. The van der Waals surface area contributed by atoms with Gasteiger partial charge in [0.15, 0.2) is 23.2 Å². The van der Waals surface area contributed by atoms with E-state index in [0.29, 0.717) is 36.8 Å². The fraction of sp³-hybridized carbons (Fsp3) is 0.310. The highest BCUT2D eigenvalue weighted by Crippen LogP contribution is 2.38. The molecule has 0 amide bonds. The van der Waals surface area contributed by atoms with Crippen molar-refractivity contribution in [1.29, 1.82) is 0 Å². The van der Waals surface area contributed by atoms with Gasteiger partial charge in [0.2, 0.25) is 5.82 Å². The van der Waals surface area contributed by atoms with Gasteiger partial charge in [-0.1, -0.05) is 55.1 Å². The molecule has 0 N–H and O–H groups in total. The van der Waals surface area contributed by atoms with Crippen molar-refractivity contribution < 1.29 is 27.0 Å². The first-order valence-electron chi connectivity index (χ1n) is 11.8. The van der Waals surface area contributed by atoms with Crippen LogP contribution >= 0.6 is 0 Å². The van der Waals surface area contributed by atoms with E-state index in [4.69, 9.17) is 9.47 Å². The third-order valence-corrected chi connectivity index (χ3v) is 6.58. The second-order valence-electron chi connectivity index (χ2n) is 8.72.